The third-order valence-electron chi connectivity index (χ3n) is 3.47. The molecule has 20 heavy (non-hydrogen) atoms. The van der Waals surface area contributed by atoms with E-state index in [4.69, 9.17) is 0 Å². The fraction of sp³-hybridized carbons (Fsp3) is 0.176. The summed E-state index contributed by atoms with van der Waals surface area (Å²) in [7, 11) is 0. The summed E-state index contributed by atoms with van der Waals surface area (Å²) >= 11 is 0. The highest BCUT2D eigenvalue weighted by Crippen LogP contribution is 2.17. The molecular formula is C17H17FN2. The van der Waals surface area contributed by atoms with Gasteiger partial charge in [-0.05, 0) is 48.7 Å². The lowest BCUT2D eigenvalue weighted by atomic mass is 10.2. The normalized spacial score (nSPS) is 10.9. The monoisotopic (exact) mass is 268 g/mol. The Morgan fingerprint density at radius 3 is 2.65 bits per heavy atom. The van der Waals surface area contributed by atoms with Gasteiger partial charge in [-0.15, -0.1) is 0 Å². The van der Waals surface area contributed by atoms with Crippen molar-refractivity contribution in [2.24, 2.45) is 0 Å². The van der Waals surface area contributed by atoms with E-state index in [0.29, 0.717) is 0 Å². The zero-order valence-electron chi connectivity index (χ0n) is 11.4. The Morgan fingerprint density at radius 2 is 1.85 bits per heavy atom. The van der Waals surface area contributed by atoms with Crippen LogP contribution in [0.4, 0.5) is 10.1 Å². The van der Waals surface area contributed by atoms with Gasteiger partial charge in [0.2, 0.25) is 0 Å². The van der Waals surface area contributed by atoms with Crippen molar-refractivity contribution in [1.82, 2.24) is 4.57 Å². The second-order valence-electron chi connectivity index (χ2n) is 5.01. The summed E-state index contributed by atoms with van der Waals surface area (Å²) in [6.07, 6.45) is 2.00. The van der Waals surface area contributed by atoms with Gasteiger partial charge in [-0.1, -0.05) is 17.7 Å². The molecule has 2 nitrogen and oxygen atoms in total. The SMILES string of the molecule is Cc1ccc(NCCn2ccc3ccc(F)cc32)cc1. The molecule has 0 spiro atoms. The fourth-order valence-electron chi connectivity index (χ4n) is 2.34. The molecule has 1 heterocycles. The molecule has 3 heteroatoms. The number of hydrogen-bond acceptors (Lipinski definition) is 1. The lowest BCUT2D eigenvalue weighted by molar-refractivity contribution is 0.628. The first-order valence-corrected chi connectivity index (χ1v) is 6.77. The Morgan fingerprint density at radius 1 is 1.05 bits per heavy atom. The Kier molecular flexibility index (Phi) is 3.42. The minimum Gasteiger partial charge on any atom is -0.383 e. The van der Waals surface area contributed by atoms with Crippen molar-refractivity contribution < 1.29 is 4.39 Å². The number of anilines is 1. The number of halogens is 1. The second kappa shape index (κ2) is 5.37. The molecule has 0 radical (unpaired) electrons. The summed E-state index contributed by atoms with van der Waals surface area (Å²) in [5.41, 5.74) is 3.30. The molecule has 102 valence electrons. The first-order chi connectivity index (χ1) is 9.72. The van der Waals surface area contributed by atoms with Crippen LogP contribution in [-0.2, 0) is 6.54 Å². The minimum atomic E-state index is -0.191. The van der Waals surface area contributed by atoms with Gasteiger partial charge in [0.25, 0.3) is 0 Å². The summed E-state index contributed by atoms with van der Waals surface area (Å²) in [4.78, 5) is 0. The largest absolute Gasteiger partial charge is 0.383 e. The van der Waals surface area contributed by atoms with Gasteiger partial charge in [0, 0.05) is 25.0 Å². The topological polar surface area (TPSA) is 17.0 Å². The van der Waals surface area contributed by atoms with Crippen LogP contribution in [0.15, 0.2) is 54.7 Å². The Balaban J connectivity index is 1.68. The molecule has 0 amide bonds. The van der Waals surface area contributed by atoms with E-state index in [-0.39, 0.29) is 5.82 Å². The number of nitrogens with zero attached hydrogens (tertiary/aromatic N) is 1. The Labute approximate surface area is 117 Å². The average Bonchev–Trinajstić information content (AvgIpc) is 2.84. The van der Waals surface area contributed by atoms with Crippen LogP contribution in [0.25, 0.3) is 10.9 Å². The Bertz CT molecular complexity index is 713. The molecule has 0 atom stereocenters. The van der Waals surface area contributed by atoms with Crippen molar-refractivity contribution in [3.05, 3.63) is 66.1 Å². The molecule has 0 saturated carbocycles. The summed E-state index contributed by atoms with van der Waals surface area (Å²) in [6, 6.07) is 15.2. The third-order valence-corrected chi connectivity index (χ3v) is 3.47. The van der Waals surface area contributed by atoms with Gasteiger partial charge in [0.15, 0.2) is 0 Å². The maximum absolute atomic E-state index is 13.3. The molecule has 3 aromatic rings. The predicted molar refractivity (Wildman–Crippen MR) is 81.6 cm³/mol. The molecule has 1 aromatic heterocycles. The van der Waals surface area contributed by atoms with E-state index in [1.54, 1.807) is 6.07 Å². The highest BCUT2D eigenvalue weighted by atomic mass is 19.1. The van der Waals surface area contributed by atoms with Crippen LogP contribution in [0.5, 0.6) is 0 Å². The van der Waals surface area contributed by atoms with Gasteiger partial charge >= 0.3 is 0 Å². The fourth-order valence-corrected chi connectivity index (χ4v) is 2.34. The molecule has 0 fully saturated rings. The zero-order chi connectivity index (χ0) is 13.9. The summed E-state index contributed by atoms with van der Waals surface area (Å²) in [6.45, 7) is 3.69. The van der Waals surface area contributed by atoms with Gasteiger partial charge in [0.05, 0.1) is 5.52 Å². The van der Waals surface area contributed by atoms with Gasteiger partial charge < -0.3 is 9.88 Å². The summed E-state index contributed by atoms with van der Waals surface area (Å²) < 4.78 is 15.4. The number of benzene rings is 2. The number of aromatic nitrogens is 1. The molecule has 0 unspecified atom stereocenters. The standard InChI is InChI=1S/C17H17FN2/c1-13-2-6-16(7-3-13)19-9-11-20-10-8-14-4-5-15(18)12-17(14)20/h2-8,10,12,19H,9,11H2,1H3. The number of hydrogen-bond donors (Lipinski definition) is 1. The van der Waals surface area contributed by atoms with Crippen molar-refractivity contribution in [1.29, 1.82) is 0 Å². The predicted octanol–water partition coefficient (Wildman–Crippen LogP) is 4.20. The molecule has 0 aliphatic heterocycles. The number of rotatable bonds is 4. The number of aryl methyl sites for hydroxylation is 1. The van der Waals surface area contributed by atoms with E-state index < -0.39 is 0 Å². The van der Waals surface area contributed by atoms with Crippen molar-refractivity contribution in [3.8, 4) is 0 Å². The van der Waals surface area contributed by atoms with Crippen LogP contribution >= 0.6 is 0 Å². The molecule has 1 N–H and O–H groups in total. The van der Waals surface area contributed by atoms with Crippen LogP contribution in [0.2, 0.25) is 0 Å². The average molecular weight is 268 g/mol. The van der Waals surface area contributed by atoms with E-state index in [1.165, 1.54) is 11.6 Å². The van der Waals surface area contributed by atoms with E-state index >= 15 is 0 Å². The van der Waals surface area contributed by atoms with Crippen molar-refractivity contribution >= 4 is 16.6 Å². The van der Waals surface area contributed by atoms with Crippen molar-refractivity contribution in [3.63, 3.8) is 0 Å². The Hall–Kier alpha value is -2.29. The lowest BCUT2D eigenvalue weighted by Gasteiger charge is -2.09. The van der Waals surface area contributed by atoms with Crippen LogP contribution < -0.4 is 5.32 Å². The maximum Gasteiger partial charge on any atom is 0.125 e. The van der Waals surface area contributed by atoms with Crippen molar-refractivity contribution in [2.45, 2.75) is 13.5 Å². The van der Waals surface area contributed by atoms with E-state index in [0.717, 1.165) is 29.7 Å². The van der Waals surface area contributed by atoms with Gasteiger partial charge in [-0.25, -0.2) is 4.39 Å². The molecule has 0 bridgehead atoms. The molecule has 3 rings (SSSR count). The smallest absolute Gasteiger partial charge is 0.125 e. The molecule has 2 aromatic carbocycles. The quantitative estimate of drug-likeness (QED) is 0.750. The maximum atomic E-state index is 13.3. The molecule has 0 saturated heterocycles. The summed E-state index contributed by atoms with van der Waals surface area (Å²) in [5, 5.41) is 4.45. The highest BCUT2D eigenvalue weighted by Gasteiger charge is 2.02. The first-order valence-electron chi connectivity index (χ1n) is 6.77. The highest BCUT2D eigenvalue weighted by molar-refractivity contribution is 5.80. The molecular weight excluding hydrogens is 251 g/mol. The number of fused-ring (bicyclic) bond motifs is 1. The summed E-state index contributed by atoms with van der Waals surface area (Å²) in [5.74, 6) is -0.191. The number of nitrogens with one attached hydrogen (secondary N) is 1. The van der Waals surface area contributed by atoms with Crippen LogP contribution in [0.1, 0.15) is 5.56 Å². The molecule has 0 aliphatic rings. The van der Waals surface area contributed by atoms with Crippen LogP contribution in [0.3, 0.4) is 0 Å². The van der Waals surface area contributed by atoms with Crippen molar-refractivity contribution in [2.75, 3.05) is 11.9 Å². The second-order valence-corrected chi connectivity index (χ2v) is 5.01. The minimum absolute atomic E-state index is 0.191. The van der Waals surface area contributed by atoms with Crippen LogP contribution in [0, 0.1) is 12.7 Å². The van der Waals surface area contributed by atoms with Gasteiger partial charge in [0.1, 0.15) is 5.82 Å². The third kappa shape index (κ3) is 2.67. The van der Waals surface area contributed by atoms with Gasteiger partial charge in [-0.3, -0.25) is 0 Å². The lowest BCUT2D eigenvalue weighted by Crippen LogP contribution is -2.09. The first kappa shape index (κ1) is 12.7. The van der Waals surface area contributed by atoms with E-state index in [1.807, 2.05) is 18.3 Å². The van der Waals surface area contributed by atoms with Crippen LogP contribution in [-0.4, -0.2) is 11.1 Å². The molecule has 0 aliphatic carbocycles. The van der Waals surface area contributed by atoms with Gasteiger partial charge in [-0.2, -0.15) is 0 Å². The van der Waals surface area contributed by atoms with E-state index in [9.17, 15) is 4.39 Å². The zero-order valence-corrected chi connectivity index (χ0v) is 11.4. The van der Waals surface area contributed by atoms with E-state index in [2.05, 4.69) is 41.1 Å².